The van der Waals surface area contributed by atoms with E-state index in [0.29, 0.717) is 22.8 Å². The van der Waals surface area contributed by atoms with Crippen LogP contribution in [0, 0.1) is 0 Å². The van der Waals surface area contributed by atoms with Gasteiger partial charge in [0.15, 0.2) is 0 Å². The van der Waals surface area contributed by atoms with Crippen molar-refractivity contribution in [1.29, 1.82) is 0 Å². The summed E-state index contributed by atoms with van der Waals surface area (Å²) in [7, 11) is 0. The van der Waals surface area contributed by atoms with Gasteiger partial charge in [0.1, 0.15) is 22.9 Å². The van der Waals surface area contributed by atoms with Crippen molar-refractivity contribution in [3.8, 4) is 34.3 Å². The first kappa shape index (κ1) is 26.7. The minimum atomic E-state index is -0.197. The molecule has 0 saturated carbocycles. The minimum Gasteiger partial charge on any atom is -0.506 e. The fourth-order valence-corrected chi connectivity index (χ4v) is 4.65. The Bertz CT molecular complexity index is 1510. The van der Waals surface area contributed by atoms with E-state index in [9.17, 15) is 10.2 Å². The van der Waals surface area contributed by atoms with Crippen molar-refractivity contribution in [2.45, 2.75) is 52.4 Å². The van der Waals surface area contributed by atoms with E-state index in [-0.39, 0.29) is 43.4 Å². The van der Waals surface area contributed by atoms with E-state index in [1.54, 1.807) is 36.7 Å². The molecule has 0 spiro atoms. The van der Waals surface area contributed by atoms with Gasteiger partial charge in [0.05, 0.1) is 22.4 Å². The standard InChI is InChI=1S/C30H30N4O2.Pt/c1-29(2,3)19-15-21(27-23(35)9-7-13-31-27)33-25-17(19)11-12-18-20(30(4,5)6)16-22(34-26(18)25)28-24(36)10-8-14-32-28;/h7-16,35-36H,1-6H3;. The zero-order valence-electron chi connectivity index (χ0n) is 21.8. The molecule has 0 radical (unpaired) electrons. The number of aromatic hydroxyl groups is 2. The third kappa shape index (κ3) is 4.83. The summed E-state index contributed by atoms with van der Waals surface area (Å²) < 4.78 is 0. The van der Waals surface area contributed by atoms with E-state index in [4.69, 9.17) is 9.97 Å². The molecule has 0 atom stereocenters. The van der Waals surface area contributed by atoms with Crippen molar-refractivity contribution in [1.82, 2.24) is 19.9 Å². The van der Waals surface area contributed by atoms with Crippen LogP contribution in [0.5, 0.6) is 11.5 Å². The van der Waals surface area contributed by atoms with Crippen LogP contribution in [0.4, 0.5) is 0 Å². The first-order chi connectivity index (χ1) is 16.9. The first-order valence-electron chi connectivity index (χ1n) is 12.0. The van der Waals surface area contributed by atoms with Crippen LogP contribution in [0.25, 0.3) is 44.6 Å². The van der Waals surface area contributed by atoms with Crippen molar-refractivity contribution in [3.63, 3.8) is 0 Å². The number of benzene rings is 1. The molecule has 7 heteroatoms. The summed E-state index contributed by atoms with van der Waals surface area (Å²) in [6.07, 6.45) is 3.30. The predicted octanol–water partition coefficient (Wildman–Crippen LogP) is 6.91. The summed E-state index contributed by atoms with van der Waals surface area (Å²) in [6.45, 7) is 12.9. The van der Waals surface area contributed by atoms with Gasteiger partial charge in [0.2, 0.25) is 0 Å². The van der Waals surface area contributed by atoms with Gasteiger partial charge in [-0.1, -0.05) is 53.7 Å². The second kappa shape index (κ2) is 9.50. The summed E-state index contributed by atoms with van der Waals surface area (Å²) in [5.74, 6) is 0.152. The number of rotatable bonds is 2. The fourth-order valence-electron chi connectivity index (χ4n) is 4.65. The van der Waals surface area contributed by atoms with E-state index in [0.717, 1.165) is 32.9 Å². The van der Waals surface area contributed by atoms with Crippen molar-refractivity contribution in [3.05, 3.63) is 72.1 Å². The molecule has 0 amide bonds. The molecule has 2 N–H and O–H groups in total. The summed E-state index contributed by atoms with van der Waals surface area (Å²) in [6, 6.07) is 14.9. The molecule has 6 nitrogen and oxygen atoms in total. The average Bonchev–Trinajstić information content (AvgIpc) is 2.82. The number of hydrogen-bond acceptors (Lipinski definition) is 6. The molecule has 4 aromatic heterocycles. The van der Waals surface area contributed by atoms with Gasteiger partial charge in [0.25, 0.3) is 0 Å². The van der Waals surface area contributed by atoms with E-state index in [1.165, 1.54) is 0 Å². The zero-order valence-corrected chi connectivity index (χ0v) is 24.0. The average molecular weight is 674 g/mol. The Hall–Kier alpha value is -3.37. The summed E-state index contributed by atoms with van der Waals surface area (Å²) in [5, 5.41) is 23.1. The maximum absolute atomic E-state index is 10.6. The van der Waals surface area contributed by atoms with E-state index in [2.05, 4.69) is 63.6 Å². The molecule has 4 heterocycles. The SMILES string of the molecule is CC(C)(C)c1cc(-c2ncccc2O)nc2c1ccc1c(C(C)(C)C)cc(-c3ncccc3O)nc12.[Pt]. The number of aromatic nitrogens is 4. The van der Waals surface area contributed by atoms with Gasteiger partial charge in [-0.15, -0.1) is 0 Å². The Balaban J connectivity index is 0.00000320. The molecule has 1 aromatic carbocycles. The molecule has 0 saturated heterocycles. The third-order valence-electron chi connectivity index (χ3n) is 6.43. The quantitative estimate of drug-likeness (QED) is 0.198. The zero-order chi connectivity index (χ0) is 25.8. The van der Waals surface area contributed by atoms with Gasteiger partial charge in [-0.3, -0.25) is 9.97 Å². The topological polar surface area (TPSA) is 92.0 Å². The van der Waals surface area contributed by atoms with Crippen LogP contribution in [0.2, 0.25) is 0 Å². The van der Waals surface area contributed by atoms with Crippen LogP contribution in [-0.4, -0.2) is 30.1 Å². The maximum atomic E-state index is 10.6. The van der Waals surface area contributed by atoms with E-state index in [1.807, 2.05) is 12.1 Å². The molecular weight excluding hydrogens is 643 g/mol. The van der Waals surface area contributed by atoms with Crippen molar-refractivity contribution in [2.24, 2.45) is 0 Å². The number of fused-ring (bicyclic) bond motifs is 3. The number of pyridine rings is 4. The molecule has 0 fully saturated rings. The summed E-state index contributed by atoms with van der Waals surface area (Å²) >= 11 is 0. The van der Waals surface area contributed by atoms with Gasteiger partial charge < -0.3 is 10.2 Å². The number of hydrogen-bond donors (Lipinski definition) is 2. The van der Waals surface area contributed by atoms with Gasteiger partial charge >= 0.3 is 0 Å². The molecule has 0 aliphatic rings. The van der Waals surface area contributed by atoms with Crippen molar-refractivity contribution in [2.75, 3.05) is 0 Å². The van der Waals surface area contributed by atoms with Gasteiger partial charge in [-0.05, 0) is 58.4 Å². The Labute approximate surface area is 231 Å². The molecule has 5 aromatic rings. The second-order valence-corrected chi connectivity index (χ2v) is 11.2. The molecule has 0 unspecified atom stereocenters. The molecule has 0 bridgehead atoms. The summed E-state index contributed by atoms with van der Waals surface area (Å²) in [5.41, 5.74) is 5.25. The Morgan fingerprint density at radius 1 is 0.595 bits per heavy atom. The van der Waals surface area contributed by atoms with E-state index >= 15 is 0 Å². The van der Waals surface area contributed by atoms with Crippen molar-refractivity contribution < 1.29 is 31.3 Å². The Morgan fingerprint density at radius 3 is 1.30 bits per heavy atom. The van der Waals surface area contributed by atoms with Crippen LogP contribution in [0.3, 0.4) is 0 Å². The third-order valence-corrected chi connectivity index (χ3v) is 6.43. The number of nitrogens with zero attached hydrogens (tertiary/aromatic N) is 4. The molecule has 0 aliphatic heterocycles. The molecule has 5 rings (SSSR count). The summed E-state index contributed by atoms with van der Waals surface area (Å²) in [4.78, 5) is 18.9. The maximum Gasteiger partial charge on any atom is 0.143 e. The fraction of sp³-hybridized carbons (Fsp3) is 0.267. The Kier molecular flexibility index (Phi) is 6.85. The van der Waals surface area contributed by atoms with Gasteiger partial charge in [0, 0.05) is 44.2 Å². The smallest absolute Gasteiger partial charge is 0.143 e. The van der Waals surface area contributed by atoms with Crippen LogP contribution in [0.15, 0.2) is 60.9 Å². The van der Waals surface area contributed by atoms with Crippen LogP contribution >= 0.6 is 0 Å². The predicted molar refractivity (Wildman–Crippen MR) is 144 cm³/mol. The first-order valence-corrected chi connectivity index (χ1v) is 12.0. The second-order valence-electron chi connectivity index (χ2n) is 11.2. The molecular formula is C30H30N4O2Pt. The van der Waals surface area contributed by atoms with Gasteiger partial charge in [-0.2, -0.15) is 0 Å². The van der Waals surface area contributed by atoms with Crippen LogP contribution < -0.4 is 0 Å². The molecule has 0 aliphatic carbocycles. The van der Waals surface area contributed by atoms with Crippen LogP contribution in [0.1, 0.15) is 52.7 Å². The molecule has 37 heavy (non-hydrogen) atoms. The monoisotopic (exact) mass is 673 g/mol. The minimum absolute atomic E-state index is 0. The van der Waals surface area contributed by atoms with Gasteiger partial charge in [-0.25, -0.2) is 9.97 Å². The largest absolute Gasteiger partial charge is 0.506 e. The van der Waals surface area contributed by atoms with E-state index < -0.39 is 0 Å². The normalized spacial score (nSPS) is 12.1. The van der Waals surface area contributed by atoms with Crippen LogP contribution in [-0.2, 0) is 31.9 Å². The van der Waals surface area contributed by atoms with Crippen molar-refractivity contribution >= 4 is 21.8 Å². The molecule has 192 valence electrons. The Morgan fingerprint density at radius 2 is 0.973 bits per heavy atom.